The maximum absolute atomic E-state index is 11.1. The Hall–Kier alpha value is -0.530. The van der Waals surface area contributed by atoms with Gasteiger partial charge in [0.1, 0.15) is 0 Å². The number of nitrogens with zero attached hydrogens (tertiary/aromatic N) is 1. The molecule has 0 saturated carbocycles. The van der Waals surface area contributed by atoms with E-state index in [4.69, 9.17) is 0 Å². The van der Waals surface area contributed by atoms with Gasteiger partial charge in [-0.2, -0.15) is 0 Å². The van der Waals surface area contributed by atoms with Crippen molar-refractivity contribution in [2.75, 3.05) is 13.1 Å². The number of hydrogen-bond acceptors (Lipinski definition) is 1. The lowest BCUT2D eigenvalue weighted by Crippen LogP contribution is -2.29. The van der Waals surface area contributed by atoms with E-state index in [-0.39, 0.29) is 5.91 Å². The van der Waals surface area contributed by atoms with Crippen molar-refractivity contribution in [1.82, 2.24) is 4.90 Å². The van der Waals surface area contributed by atoms with Crippen LogP contribution in [0, 0.1) is 0 Å². The molecule has 1 amide bonds. The highest BCUT2D eigenvalue weighted by atomic mass is 16.2. The van der Waals surface area contributed by atoms with Crippen LogP contribution in [-0.2, 0) is 4.79 Å². The predicted molar refractivity (Wildman–Crippen MR) is 54.2 cm³/mol. The van der Waals surface area contributed by atoms with Crippen LogP contribution in [0.2, 0.25) is 0 Å². The first-order chi connectivity index (χ1) is 5.76. The second-order valence-corrected chi connectivity index (χ2v) is 2.32. The lowest BCUT2D eigenvalue weighted by atomic mass is 10.3. The molecule has 0 radical (unpaired) electrons. The van der Waals surface area contributed by atoms with E-state index in [1.165, 1.54) is 0 Å². The third-order valence-electron chi connectivity index (χ3n) is 1.58. The van der Waals surface area contributed by atoms with Gasteiger partial charge in [-0.15, -0.1) is 0 Å². The molecule has 0 saturated heterocycles. The molecule has 0 spiro atoms. The van der Waals surface area contributed by atoms with Gasteiger partial charge >= 0.3 is 0 Å². The van der Waals surface area contributed by atoms with Crippen molar-refractivity contribution in [3.8, 4) is 0 Å². The minimum Gasteiger partial charge on any atom is -0.343 e. The maximum Gasteiger partial charge on any atom is 0.222 e. The van der Waals surface area contributed by atoms with Gasteiger partial charge in [0.15, 0.2) is 0 Å². The zero-order chi connectivity index (χ0) is 9.98. The van der Waals surface area contributed by atoms with E-state index in [0.29, 0.717) is 6.42 Å². The minimum atomic E-state index is 0.285. The van der Waals surface area contributed by atoms with E-state index in [1.807, 2.05) is 39.5 Å². The molecule has 74 valence electrons. The fourth-order valence-corrected chi connectivity index (χ4v) is 0.948. The second kappa shape index (κ2) is 10.5. The first kappa shape index (κ1) is 14.0. The summed E-state index contributed by atoms with van der Waals surface area (Å²) < 4.78 is 0. The van der Waals surface area contributed by atoms with E-state index in [2.05, 4.69) is 0 Å². The van der Waals surface area contributed by atoms with Crippen LogP contribution in [0.4, 0.5) is 0 Å². The van der Waals surface area contributed by atoms with Crippen LogP contribution in [-0.4, -0.2) is 23.9 Å². The molecule has 0 fully saturated rings. The van der Waals surface area contributed by atoms with Crippen LogP contribution >= 0.6 is 0 Å². The summed E-state index contributed by atoms with van der Waals surface area (Å²) >= 11 is 0. The summed E-state index contributed by atoms with van der Waals surface area (Å²) in [6, 6.07) is 0. The number of amides is 1. The van der Waals surface area contributed by atoms with Crippen LogP contribution in [0.3, 0.4) is 0 Å². The molecular formula is C10H23NO. The van der Waals surface area contributed by atoms with Gasteiger partial charge in [0.25, 0.3) is 0 Å². The highest BCUT2D eigenvalue weighted by molar-refractivity contribution is 5.75. The van der Waals surface area contributed by atoms with Gasteiger partial charge in [-0.25, -0.2) is 0 Å². The number of carbonyl (C=O) groups is 1. The first-order valence-electron chi connectivity index (χ1n) is 5.04. The molecule has 0 atom stereocenters. The number of carbonyl (C=O) groups excluding carboxylic acids is 1. The summed E-state index contributed by atoms with van der Waals surface area (Å²) in [5.74, 6) is 0.285. The fourth-order valence-electron chi connectivity index (χ4n) is 0.948. The smallest absolute Gasteiger partial charge is 0.222 e. The van der Waals surface area contributed by atoms with Crippen molar-refractivity contribution < 1.29 is 4.79 Å². The molecule has 0 unspecified atom stereocenters. The third kappa shape index (κ3) is 6.20. The average molecular weight is 173 g/mol. The Bertz CT molecular complexity index is 98.0. The Morgan fingerprint density at radius 1 is 1.08 bits per heavy atom. The molecule has 0 aliphatic heterocycles. The molecule has 0 rings (SSSR count). The van der Waals surface area contributed by atoms with Crippen molar-refractivity contribution in [3.05, 3.63) is 0 Å². The molecule has 0 bridgehead atoms. The molecule has 0 aliphatic carbocycles. The van der Waals surface area contributed by atoms with Gasteiger partial charge in [0.05, 0.1) is 0 Å². The summed E-state index contributed by atoms with van der Waals surface area (Å²) in [7, 11) is 0. The zero-order valence-corrected chi connectivity index (χ0v) is 9.18. The standard InChI is InChI=1S/C8H17NO.C2H6/c1-4-7-8(10)9(5-2)6-3;1-2/h4-7H2,1-3H3;1-2H3. The molecule has 0 aromatic heterocycles. The van der Waals surface area contributed by atoms with Crippen LogP contribution in [0.25, 0.3) is 0 Å². The SMILES string of the molecule is CC.CCCC(=O)N(CC)CC. The topological polar surface area (TPSA) is 20.3 Å². The lowest BCUT2D eigenvalue weighted by molar-refractivity contribution is -0.130. The van der Waals surface area contributed by atoms with Crippen LogP contribution < -0.4 is 0 Å². The molecule has 0 aromatic carbocycles. The van der Waals surface area contributed by atoms with Crippen molar-refractivity contribution >= 4 is 5.91 Å². The summed E-state index contributed by atoms with van der Waals surface area (Å²) in [6.45, 7) is 11.7. The first-order valence-corrected chi connectivity index (χ1v) is 5.04. The second-order valence-electron chi connectivity index (χ2n) is 2.32. The van der Waals surface area contributed by atoms with E-state index in [0.717, 1.165) is 19.5 Å². The van der Waals surface area contributed by atoms with Crippen LogP contribution in [0.1, 0.15) is 47.5 Å². The number of rotatable bonds is 4. The van der Waals surface area contributed by atoms with Gasteiger partial charge in [0, 0.05) is 19.5 Å². The Morgan fingerprint density at radius 2 is 1.50 bits per heavy atom. The highest BCUT2D eigenvalue weighted by Gasteiger charge is 2.05. The Kier molecular flexibility index (Phi) is 12.2. The largest absolute Gasteiger partial charge is 0.343 e. The summed E-state index contributed by atoms with van der Waals surface area (Å²) in [4.78, 5) is 13.0. The van der Waals surface area contributed by atoms with Crippen LogP contribution in [0.15, 0.2) is 0 Å². The Labute approximate surface area is 77.0 Å². The van der Waals surface area contributed by atoms with E-state index in [1.54, 1.807) is 0 Å². The molecule has 12 heavy (non-hydrogen) atoms. The average Bonchev–Trinajstić information content (AvgIpc) is 2.11. The van der Waals surface area contributed by atoms with Gasteiger partial charge in [-0.05, 0) is 20.3 Å². The molecule has 2 heteroatoms. The predicted octanol–water partition coefficient (Wildman–Crippen LogP) is 2.68. The van der Waals surface area contributed by atoms with E-state index >= 15 is 0 Å². The van der Waals surface area contributed by atoms with E-state index < -0.39 is 0 Å². The van der Waals surface area contributed by atoms with Crippen molar-refractivity contribution in [2.45, 2.75) is 47.5 Å². The molecule has 0 aliphatic rings. The lowest BCUT2D eigenvalue weighted by Gasteiger charge is -2.17. The van der Waals surface area contributed by atoms with Crippen molar-refractivity contribution in [1.29, 1.82) is 0 Å². The van der Waals surface area contributed by atoms with Crippen LogP contribution in [0.5, 0.6) is 0 Å². The van der Waals surface area contributed by atoms with Crippen molar-refractivity contribution in [2.24, 2.45) is 0 Å². The van der Waals surface area contributed by atoms with Gasteiger partial charge in [-0.1, -0.05) is 20.8 Å². The molecule has 0 N–H and O–H groups in total. The van der Waals surface area contributed by atoms with Gasteiger partial charge < -0.3 is 4.90 Å². The normalized spacial score (nSPS) is 8.42. The third-order valence-corrected chi connectivity index (χ3v) is 1.58. The van der Waals surface area contributed by atoms with Gasteiger partial charge in [-0.3, -0.25) is 4.79 Å². The maximum atomic E-state index is 11.1. The molecule has 0 heterocycles. The highest BCUT2D eigenvalue weighted by Crippen LogP contribution is 1.95. The van der Waals surface area contributed by atoms with Gasteiger partial charge in [0.2, 0.25) is 5.91 Å². The minimum absolute atomic E-state index is 0.285. The fraction of sp³-hybridized carbons (Fsp3) is 0.900. The molecule has 0 aromatic rings. The Balaban J connectivity index is 0. The Morgan fingerprint density at radius 3 is 1.75 bits per heavy atom. The summed E-state index contributed by atoms with van der Waals surface area (Å²) in [5, 5.41) is 0. The quantitative estimate of drug-likeness (QED) is 0.640. The zero-order valence-electron chi connectivity index (χ0n) is 9.18. The molecule has 2 nitrogen and oxygen atoms in total. The summed E-state index contributed by atoms with van der Waals surface area (Å²) in [5.41, 5.74) is 0. The molecular weight excluding hydrogens is 150 g/mol. The summed E-state index contributed by atoms with van der Waals surface area (Å²) in [6.07, 6.45) is 1.65. The van der Waals surface area contributed by atoms with Crippen molar-refractivity contribution in [3.63, 3.8) is 0 Å². The van der Waals surface area contributed by atoms with E-state index in [9.17, 15) is 4.79 Å². The monoisotopic (exact) mass is 173 g/mol. The number of hydrogen-bond donors (Lipinski definition) is 0.